The maximum Gasteiger partial charge on any atom is 0.417 e. The van der Waals surface area contributed by atoms with Crippen molar-refractivity contribution in [2.75, 3.05) is 12.4 Å². The molecule has 0 bridgehead atoms. The van der Waals surface area contributed by atoms with E-state index in [2.05, 4.69) is 20.4 Å². The number of rotatable bonds is 8. The third-order valence-electron chi connectivity index (χ3n) is 4.72. The number of ether oxygens (including phenoxy) is 2. The van der Waals surface area contributed by atoms with E-state index in [9.17, 15) is 22.8 Å². The Balaban J connectivity index is 1.57. The minimum atomic E-state index is -4.62. The molecule has 11 heteroatoms. The summed E-state index contributed by atoms with van der Waals surface area (Å²) in [5, 5.41) is 4.55. The second-order valence-corrected chi connectivity index (χ2v) is 7.73. The molecule has 35 heavy (non-hydrogen) atoms. The van der Waals surface area contributed by atoms with Gasteiger partial charge in [-0.25, -0.2) is 4.79 Å². The highest BCUT2D eigenvalue weighted by Crippen LogP contribution is 2.36. The number of hydrogen-bond acceptors (Lipinski definition) is 5. The zero-order chi connectivity index (χ0) is 25.4. The van der Waals surface area contributed by atoms with E-state index >= 15 is 0 Å². The van der Waals surface area contributed by atoms with Crippen LogP contribution in [0.1, 0.15) is 23.2 Å². The lowest BCUT2D eigenvalue weighted by Crippen LogP contribution is -2.22. The summed E-state index contributed by atoms with van der Waals surface area (Å²) in [6.45, 7) is 0.164. The average Bonchev–Trinajstić information content (AvgIpc) is 2.82. The van der Waals surface area contributed by atoms with E-state index in [1.165, 1.54) is 13.2 Å². The van der Waals surface area contributed by atoms with Gasteiger partial charge in [0.05, 0.1) is 29.9 Å². The molecule has 1 aromatic heterocycles. The van der Waals surface area contributed by atoms with Crippen molar-refractivity contribution in [1.82, 2.24) is 10.3 Å². The van der Waals surface area contributed by atoms with Gasteiger partial charge in [-0.2, -0.15) is 13.2 Å². The molecule has 7 nitrogen and oxygen atoms in total. The quantitative estimate of drug-likeness (QED) is 0.392. The topological polar surface area (TPSA) is 89.5 Å². The van der Waals surface area contributed by atoms with Gasteiger partial charge >= 0.3 is 12.3 Å². The van der Waals surface area contributed by atoms with E-state index in [-0.39, 0.29) is 18.7 Å². The number of amides is 2. The van der Waals surface area contributed by atoms with Crippen LogP contribution in [-0.2, 0) is 28.7 Å². The molecular weight excluding hydrogens is 487 g/mol. The molecule has 0 unspecified atom stereocenters. The predicted octanol–water partition coefficient (Wildman–Crippen LogP) is 5.97. The molecule has 1 heterocycles. The summed E-state index contributed by atoms with van der Waals surface area (Å²) in [6.07, 6.45) is -3.27. The van der Waals surface area contributed by atoms with E-state index in [0.29, 0.717) is 23.6 Å². The number of aromatic nitrogens is 1. The van der Waals surface area contributed by atoms with E-state index in [4.69, 9.17) is 16.3 Å². The van der Waals surface area contributed by atoms with Crippen LogP contribution in [-0.4, -0.2) is 24.1 Å². The maximum absolute atomic E-state index is 13.0. The summed E-state index contributed by atoms with van der Waals surface area (Å²) >= 11 is 5.60. The number of carbonyl (C=O) groups is 2. The molecule has 2 N–H and O–H groups in total. The number of methoxy groups -OCH3 is 1. The van der Waals surface area contributed by atoms with Crippen LogP contribution in [0.2, 0.25) is 5.02 Å². The highest BCUT2D eigenvalue weighted by Gasteiger charge is 2.33. The summed E-state index contributed by atoms with van der Waals surface area (Å²) < 4.78 is 49.4. The standard InChI is InChI=1S/C24H21ClF3N3O4/c1-34-23(33)30-14-17-12-19(9-10-29-17)35-18-4-2-3-15(11-18)5-8-22(32)31-16-6-7-21(25)20(13-16)24(26,27)28/h2-4,6-7,9-13H,5,8,14H2,1H3,(H,30,33)(H,31,32). The highest BCUT2D eigenvalue weighted by molar-refractivity contribution is 6.31. The maximum atomic E-state index is 13.0. The van der Waals surface area contributed by atoms with Crippen molar-refractivity contribution in [2.45, 2.75) is 25.6 Å². The largest absolute Gasteiger partial charge is 0.457 e. The van der Waals surface area contributed by atoms with Crippen LogP contribution in [0.15, 0.2) is 60.8 Å². The molecular formula is C24H21ClF3N3O4. The predicted molar refractivity (Wildman–Crippen MR) is 123 cm³/mol. The van der Waals surface area contributed by atoms with Crippen molar-refractivity contribution >= 4 is 29.3 Å². The van der Waals surface area contributed by atoms with Crippen LogP contribution in [0.4, 0.5) is 23.7 Å². The van der Waals surface area contributed by atoms with Gasteiger partial charge in [0, 0.05) is 24.4 Å². The van der Waals surface area contributed by atoms with Crippen LogP contribution in [0.5, 0.6) is 11.5 Å². The molecule has 0 aliphatic rings. The number of anilines is 1. The van der Waals surface area contributed by atoms with Gasteiger partial charge in [0.25, 0.3) is 0 Å². The molecule has 184 valence electrons. The third-order valence-corrected chi connectivity index (χ3v) is 5.05. The number of alkyl halides is 3. The van der Waals surface area contributed by atoms with Crippen molar-refractivity contribution in [2.24, 2.45) is 0 Å². The fourth-order valence-electron chi connectivity index (χ4n) is 3.05. The van der Waals surface area contributed by atoms with Gasteiger partial charge in [-0.15, -0.1) is 0 Å². The minimum Gasteiger partial charge on any atom is -0.457 e. The van der Waals surface area contributed by atoms with Crippen LogP contribution in [0.25, 0.3) is 0 Å². The van der Waals surface area contributed by atoms with E-state index in [1.54, 1.807) is 36.5 Å². The molecule has 0 radical (unpaired) electrons. The number of halogens is 4. The summed E-state index contributed by atoms with van der Waals surface area (Å²) in [6, 6.07) is 13.6. The number of pyridine rings is 1. The Bertz CT molecular complexity index is 1200. The lowest BCUT2D eigenvalue weighted by atomic mass is 10.1. The van der Waals surface area contributed by atoms with Gasteiger partial charge < -0.3 is 20.1 Å². The molecule has 0 aliphatic carbocycles. The Hall–Kier alpha value is -3.79. The van der Waals surface area contributed by atoms with Crippen LogP contribution >= 0.6 is 11.6 Å². The van der Waals surface area contributed by atoms with E-state index in [0.717, 1.165) is 17.7 Å². The number of hydrogen-bond donors (Lipinski definition) is 2. The monoisotopic (exact) mass is 507 g/mol. The molecule has 0 fully saturated rings. The molecule has 2 amide bonds. The molecule has 0 saturated carbocycles. The number of carbonyl (C=O) groups excluding carboxylic acids is 2. The SMILES string of the molecule is COC(=O)NCc1cc(Oc2cccc(CCC(=O)Nc3ccc(Cl)c(C(F)(F)F)c3)c2)ccn1. The van der Waals surface area contributed by atoms with Crippen molar-refractivity contribution in [3.05, 3.63) is 82.6 Å². The smallest absolute Gasteiger partial charge is 0.417 e. The Morgan fingerprint density at radius 2 is 1.83 bits per heavy atom. The zero-order valence-electron chi connectivity index (χ0n) is 18.5. The average molecular weight is 508 g/mol. The van der Waals surface area contributed by atoms with Crippen LogP contribution in [0, 0.1) is 0 Å². The van der Waals surface area contributed by atoms with E-state index < -0.39 is 28.8 Å². The minimum absolute atomic E-state index is 0.0130. The number of nitrogens with one attached hydrogen (secondary N) is 2. The third kappa shape index (κ3) is 7.89. The lowest BCUT2D eigenvalue weighted by Gasteiger charge is -2.12. The molecule has 0 atom stereocenters. The first-order valence-electron chi connectivity index (χ1n) is 10.3. The molecule has 3 rings (SSSR count). The Kier molecular flexibility index (Phi) is 8.53. The number of benzene rings is 2. The number of alkyl carbamates (subject to hydrolysis) is 1. The lowest BCUT2D eigenvalue weighted by molar-refractivity contribution is -0.137. The summed E-state index contributed by atoms with van der Waals surface area (Å²) in [5.74, 6) is 0.580. The first-order chi connectivity index (χ1) is 16.6. The van der Waals surface area contributed by atoms with Crippen molar-refractivity contribution < 1.29 is 32.2 Å². The molecule has 0 aliphatic heterocycles. The van der Waals surface area contributed by atoms with Crippen LogP contribution < -0.4 is 15.4 Å². The van der Waals surface area contributed by atoms with Gasteiger partial charge in [0.1, 0.15) is 11.5 Å². The van der Waals surface area contributed by atoms with Gasteiger partial charge in [-0.1, -0.05) is 23.7 Å². The second-order valence-electron chi connectivity index (χ2n) is 7.32. The summed E-state index contributed by atoms with van der Waals surface area (Å²) in [7, 11) is 1.26. The normalized spacial score (nSPS) is 11.0. The Morgan fingerprint density at radius 3 is 2.57 bits per heavy atom. The fraction of sp³-hybridized carbons (Fsp3) is 0.208. The fourth-order valence-corrected chi connectivity index (χ4v) is 3.28. The van der Waals surface area contributed by atoms with Gasteiger partial charge in [-0.3, -0.25) is 9.78 Å². The van der Waals surface area contributed by atoms with Crippen molar-refractivity contribution in [1.29, 1.82) is 0 Å². The Morgan fingerprint density at radius 1 is 1.06 bits per heavy atom. The molecule has 2 aromatic carbocycles. The summed E-state index contributed by atoms with van der Waals surface area (Å²) in [4.78, 5) is 27.6. The highest BCUT2D eigenvalue weighted by atomic mass is 35.5. The zero-order valence-corrected chi connectivity index (χ0v) is 19.2. The Labute approximate surface area is 204 Å². The number of nitrogens with zero attached hydrogens (tertiary/aromatic N) is 1. The number of aryl methyl sites for hydroxylation is 1. The van der Waals surface area contributed by atoms with Crippen molar-refractivity contribution in [3.63, 3.8) is 0 Å². The van der Waals surface area contributed by atoms with E-state index in [1.807, 2.05) is 6.07 Å². The first kappa shape index (κ1) is 25.8. The van der Waals surface area contributed by atoms with Crippen molar-refractivity contribution in [3.8, 4) is 11.5 Å². The van der Waals surface area contributed by atoms with Gasteiger partial charge in [0.2, 0.25) is 5.91 Å². The second kappa shape index (κ2) is 11.6. The van der Waals surface area contributed by atoms with Crippen LogP contribution in [0.3, 0.4) is 0 Å². The first-order valence-corrected chi connectivity index (χ1v) is 10.7. The molecule has 0 spiro atoms. The van der Waals surface area contributed by atoms with Gasteiger partial charge in [-0.05, 0) is 48.4 Å². The molecule has 3 aromatic rings. The summed E-state index contributed by atoms with van der Waals surface area (Å²) in [5.41, 5.74) is 0.365. The molecule has 0 saturated heterocycles. The van der Waals surface area contributed by atoms with Gasteiger partial charge in [0.15, 0.2) is 0 Å².